The molecule has 0 radical (unpaired) electrons. The maximum absolute atomic E-state index is 12.6. The predicted octanol–water partition coefficient (Wildman–Crippen LogP) is 3.69. The smallest absolute Gasteiger partial charge is 0.226 e. The molecule has 1 aliphatic rings. The summed E-state index contributed by atoms with van der Waals surface area (Å²) in [6.07, 6.45) is 0.141. The number of nitrogens with one attached hydrogen (secondary N) is 2. The molecule has 160 valence electrons. The number of rotatable bonds is 7. The van der Waals surface area contributed by atoms with Crippen LogP contribution in [0.2, 0.25) is 5.02 Å². The molecular formula is C23H29ClN4O2. The van der Waals surface area contributed by atoms with Crippen LogP contribution in [0.1, 0.15) is 31.9 Å². The fourth-order valence-corrected chi connectivity index (χ4v) is 3.79. The van der Waals surface area contributed by atoms with E-state index in [4.69, 9.17) is 11.6 Å². The van der Waals surface area contributed by atoms with E-state index in [9.17, 15) is 9.59 Å². The normalized spacial score (nSPS) is 15.5. The van der Waals surface area contributed by atoms with Crippen molar-refractivity contribution in [1.82, 2.24) is 10.2 Å². The molecule has 7 heteroatoms. The number of carbonyl (C=O) groups is 2. The quantitative estimate of drug-likeness (QED) is 0.706. The fraction of sp³-hybridized carbons (Fsp3) is 0.391. The van der Waals surface area contributed by atoms with Gasteiger partial charge in [0.1, 0.15) is 0 Å². The summed E-state index contributed by atoms with van der Waals surface area (Å²) in [5.41, 5.74) is 2.75. The molecule has 1 fully saturated rings. The first-order chi connectivity index (χ1) is 14.4. The minimum Gasteiger partial charge on any atom is -0.369 e. The monoisotopic (exact) mass is 428 g/mol. The van der Waals surface area contributed by atoms with Crippen LogP contribution in [0.5, 0.6) is 0 Å². The molecule has 1 atom stereocenters. The van der Waals surface area contributed by atoms with Gasteiger partial charge in [-0.3, -0.25) is 9.59 Å². The highest BCUT2D eigenvalue weighted by Crippen LogP contribution is 2.22. The van der Waals surface area contributed by atoms with Crippen LogP contribution in [-0.4, -0.2) is 49.4 Å². The van der Waals surface area contributed by atoms with Gasteiger partial charge in [-0.1, -0.05) is 30.7 Å². The lowest BCUT2D eigenvalue weighted by atomic mass is 10.0. The number of carbonyl (C=O) groups excluding carboxylic acids is 2. The van der Waals surface area contributed by atoms with Crippen molar-refractivity contribution < 1.29 is 9.59 Å². The maximum Gasteiger partial charge on any atom is 0.226 e. The third kappa shape index (κ3) is 6.21. The van der Waals surface area contributed by atoms with Gasteiger partial charge in [0.05, 0.1) is 12.5 Å². The minimum absolute atomic E-state index is 0.141. The summed E-state index contributed by atoms with van der Waals surface area (Å²) < 4.78 is 0. The molecule has 3 rings (SSSR count). The molecule has 1 unspecified atom stereocenters. The highest BCUT2D eigenvalue weighted by atomic mass is 35.5. The number of hydrogen-bond acceptors (Lipinski definition) is 4. The number of benzene rings is 2. The van der Waals surface area contributed by atoms with E-state index in [0.717, 1.165) is 44.0 Å². The Bertz CT molecular complexity index is 847. The zero-order chi connectivity index (χ0) is 21.5. The van der Waals surface area contributed by atoms with Crippen molar-refractivity contribution in [3.8, 4) is 0 Å². The van der Waals surface area contributed by atoms with E-state index in [-0.39, 0.29) is 18.2 Å². The molecule has 0 aromatic heterocycles. The number of piperazine rings is 1. The highest BCUT2D eigenvalue weighted by Gasteiger charge is 2.18. The van der Waals surface area contributed by atoms with Gasteiger partial charge in [0.2, 0.25) is 11.8 Å². The van der Waals surface area contributed by atoms with Gasteiger partial charge in [-0.2, -0.15) is 0 Å². The number of anilines is 2. The van der Waals surface area contributed by atoms with E-state index in [1.54, 1.807) is 12.1 Å². The van der Waals surface area contributed by atoms with Crippen LogP contribution in [0.15, 0.2) is 48.5 Å². The molecule has 1 heterocycles. The lowest BCUT2D eigenvalue weighted by Gasteiger charge is -2.35. The predicted molar refractivity (Wildman–Crippen MR) is 122 cm³/mol. The molecule has 0 aliphatic carbocycles. The maximum atomic E-state index is 12.6. The Morgan fingerprint density at radius 1 is 1.00 bits per heavy atom. The number of hydrogen-bond donors (Lipinski definition) is 2. The molecular weight excluding hydrogens is 400 g/mol. The third-order valence-electron chi connectivity index (χ3n) is 5.38. The van der Waals surface area contributed by atoms with Crippen molar-refractivity contribution in [3.63, 3.8) is 0 Å². The third-order valence-corrected chi connectivity index (χ3v) is 5.63. The van der Waals surface area contributed by atoms with Crippen LogP contribution in [0.25, 0.3) is 0 Å². The van der Waals surface area contributed by atoms with Gasteiger partial charge in [-0.05, 0) is 48.5 Å². The van der Waals surface area contributed by atoms with Crippen LogP contribution in [-0.2, 0) is 9.59 Å². The van der Waals surface area contributed by atoms with Crippen molar-refractivity contribution >= 4 is 34.8 Å². The van der Waals surface area contributed by atoms with Crippen LogP contribution < -0.4 is 15.5 Å². The Morgan fingerprint density at radius 2 is 1.63 bits per heavy atom. The SMILES string of the molecule is CCN1CCN(c2ccc(NC(=O)CC(NC(C)=O)c3ccc(Cl)cc3)cc2)CC1. The molecule has 0 spiro atoms. The molecule has 6 nitrogen and oxygen atoms in total. The first-order valence-corrected chi connectivity index (χ1v) is 10.7. The zero-order valence-electron chi connectivity index (χ0n) is 17.5. The molecule has 1 saturated heterocycles. The van der Waals surface area contributed by atoms with E-state index in [1.165, 1.54) is 12.6 Å². The Morgan fingerprint density at radius 3 is 2.20 bits per heavy atom. The standard InChI is InChI=1S/C23H29ClN4O2/c1-3-27-12-14-28(15-13-27)21-10-8-20(9-11-21)26-23(30)16-22(25-17(2)29)18-4-6-19(24)7-5-18/h4-11,22H,3,12-16H2,1-2H3,(H,25,29)(H,26,30). The Kier molecular flexibility index (Phi) is 7.71. The van der Waals surface area contributed by atoms with Gasteiger partial charge >= 0.3 is 0 Å². The molecule has 1 aliphatic heterocycles. The first kappa shape index (κ1) is 22.1. The van der Waals surface area contributed by atoms with Gasteiger partial charge in [-0.25, -0.2) is 0 Å². The largest absolute Gasteiger partial charge is 0.369 e. The second-order valence-corrected chi connectivity index (χ2v) is 7.96. The van der Waals surface area contributed by atoms with E-state index in [0.29, 0.717) is 5.02 Å². The average Bonchev–Trinajstić information content (AvgIpc) is 2.74. The Balaban J connectivity index is 1.59. The summed E-state index contributed by atoms with van der Waals surface area (Å²) in [7, 11) is 0. The summed E-state index contributed by atoms with van der Waals surface area (Å²) in [5.74, 6) is -0.344. The number of likely N-dealkylation sites (N-methyl/N-ethyl adjacent to an activating group) is 1. The van der Waals surface area contributed by atoms with E-state index in [2.05, 4.69) is 27.4 Å². The highest BCUT2D eigenvalue weighted by molar-refractivity contribution is 6.30. The van der Waals surface area contributed by atoms with Crippen molar-refractivity contribution in [2.24, 2.45) is 0 Å². The molecule has 0 saturated carbocycles. The summed E-state index contributed by atoms with van der Waals surface area (Å²) in [4.78, 5) is 29.0. The van der Waals surface area contributed by atoms with Crippen LogP contribution in [0, 0.1) is 0 Å². The Labute approximate surface area is 183 Å². The second-order valence-electron chi connectivity index (χ2n) is 7.53. The van der Waals surface area contributed by atoms with Crippen molar-refractivity contribution in [2.75, 3.05) is 42.9 Å². The van der Waals surface area contributed by atoms with Gasteiger partial charge in [0.15, 0.2) is 0 Å². The van der Waals surface area contributed by atoms with E-state index in [1.807, 2.05) is 36.4 Å². The number of nitrogens with zero attached hydrogens (tertiary/aromatic N) is 2. The van der Waals surface area contributed by atoms with E-state index < -0.39 is 6.04 Å². The van der Waals surface area contributed by atoms with Crippen molar-refractivity contribution in [1.29, 1.82) is 0 Å². The molecule has 2 aromatic rings. The van der Waals surface area contributed by atoms with Gasteiger partial charge in [0, 0.05) is 49.5 Å². The lowest BCUT2D eigenvalue weighted by molar-refractivity contribution is -0.120. The Hall–Kier alpha value is -2.57. The molecule has 2 amide bonds. The van der Waals surface area contributed by atoms with Crippen LogP contribution in [0.4, 0.5) is 11.4 Å². The summed E-state index contributed by atoms with van der Waals surface area (Å²) in [5, 5.41) is 6.38. The zero-order valence-corrected chi connectivity index (χ0v) is 18.3. The first-order valence-electron chi connectivity index (χ1n) is 10.3. The second kappa shape index (κ2) is 10.5. The molecule has 2 aromatic carbocycles. The number of amides is 2. The number of halogens is 1. The summed E-state index contributed by atoms with van der Waals surface area (Å²) in [6, 6.07) is 14.7. The molecule has 30 heavy (non-hydrogen) atoms. The summed E-state index contributed by atoms with van der Waals surface area (Å²) in [6.45, 7) is 8.90. The molecule has 2 N–H and O–H groups in total. The van der Waals surface area contributed by atoms with Gasteiger partial charge < -0.3 is 20.4 Å². The van der Waals surface area contributed by atoms with Crippen LogP contribution >= 0.6 is 11.6 Å². The average molecular weight is 429 g/mol. The van der Waals surface area contributed by atoms with Gasteiger partial charge in [0.25, 0.3) is 0 Å². The summed E-state index contributed by atoms with van der Waals surface area (Å²) >= 11 is 5.95. The van der Waals surface area contributed by atoms with Gasteiger partial charge in [-0.15, -0.1) is 0 Å². The van der Waals surface area contributed by atoms with Crippen molar-refractivity contribution in [3.05, 3.63) is 59.1 Å². The fourth-order valence-electron chi connectivity index (χ4n) is 3.67. The van der Waals surface area contributed by atoms with Crippen LogP contribution in [0.3, 0.4) is 0 Å². The minimum atomic E-state index is -0.408. The topological polar surface area (TPSA) is 64.7 Å². The van der Waals surface area contributed by atoms with E-state index >= 15 is 0 Å². The lowest BCUT2D eigenvalue weighted by Crippen LogP contribution is -2.46. The van der Waals surface area contributed by atoms with Crippen molar-refractivity contribution in [2.45, 2.75) is 26.3 Å². The molecule has 0 bridgehead atoms.